The SMILES string of the molecule is C[C@@H](O)[C@H](NC(=O)CCCCC(S)CCS)C(=O)[O-].C[C@@H](O)[C@H](NC(=O)CCCCC(S)CCS)C(=O)[O-].[H-].[Na+].[Zn+2]. The third-order valence-electron chi connectivity index (χ3n) is 5.41. The maximum absolute atomic E-state index is 11.5. The van der Waals surface area contributed by atoms with Crippen LogP contribution in [0.5, 0.6) is 0 Å². The first-order valence-corrected chi connectivity index (χ1v) is 15.0. The zero-order chi connectivity index (χ0) is 29.7. The Hall–Kier alpha value is 0.823. The number of hydrogen-bond donors (Lipinski definition) is 8. The number of carbonyl (C=O) groups is 4. The molecule has 0 aliphatic heterocycles. The minimum absolute atomic E-state index is 0. The maximum atomic E-state index is 11.5. The molecule has 0 radical (unpaired) electrons. The standard InChI is InChI=1S/2C12H23NO4S2.Na.Zn.H/c2*1-8(14)11(12(16)17)13-10(15)5-3-2-4-9(19)6-7-18;;;/h2*8-9,11,14,18-19H,2-7H2,1H3,(H,13,15)(H,16,17);;;/q;;+1;+2;-1/p-2/t2*8-,9?,11+;;;/m11.../s1. The van der Waals surface area contributed by atoms with Crippen molar-refractivity contribution in [2.45, 2.75) is 113 Å². The minimum atomic E-state index is -1.48. The van der Waals surface area contributed by atoms with Gasteiger partial charge in [0.1, 0.15) is 0 Å². The summed E-state index contributed by atoms with van der Waals surface area (Å²) in [7, 11) is 0. The van der Waals surface area contributed by atoms with Gasteiger partial charge in [0.25, 0.3) is 0 Å². The number of aliphatic carboxylic acids is 2. The fourth-order valence-corrected chi connectivity index (χ4v) is 4.82. The van der Waals surface area contributed by atoms with Crippen LogP contribution in [0.3, 0.4) is 0 Å². The largest absolute Gasteiger partial charge is 2.00 e. The molecule has 0 aliphatic rings. The van der Waals surface area contributed by atoms with Crippen LogP contribution in [0.15, 0.2) is 0 Å². The first-order valence-electron chi connectivity index (χ1n) is 12.7. The average Bonchev–Trinajstić information content (AvgIpc) is 2.81. The Morgan fingerprint density at radius 2 is 1.00 bits per heavy atom. The van der Waals surface area contributed by atoms with E-state index in [2.05, 4.69) is 61.1 Å². The molecule has 0 aromatic heterocycles. The van der Waals surface area contributed by atoms with Gasteiger partial charge in [-0.2, -0.15) is 50.5 Å². The molecule has 0 fully saturated rings. The molecule has 0 aliphatic carbocycles. The van der Waals surface area contributed by atoms with E-state index in [9.17, 15) is 39.6 Å². The topological polar surface area (TPSA) is 179 Å². The number of carboxylic acids is 2. The smallest absolute Gasteiger partial charge is 1.00 e. The number of aliphatic hydroxyl groups is 2. The van der Waals surface area contributed by atoms with Crippen molar-refractivity contribution in [3.8, 4) is 0 Å². The molecule has 0 rings (SSSR count). The second-order valence-corrected chi connectivity index (χ2v) is 11.4. The molecule has 4 N–H and O–H groups in total. The van der Waals surface area contributed by atoms with Crippen LogP contribution < -0.4 is 50.4 Å². The number of hydrogen-bond acceptors (Lipinski definition) is 12. The summed E-state index contributed by atoms with van der Waals surface area (Å²) in [6.07, 6.45) is 4.78. The molecular formula is C24H45N2NaO8S4Zn. The van der Waals surface area contributed by atoms with Crippen molar-refractivity contribution < 1.29 is 90.1 Å². The van der Waals surface area contributed by atoms with E-state index in [1.807, 2.05) is 0 Å². The number of nitrogens with one attached hydrogen (secondary N) is 2. The molecule has 0 saturated heterocycles. The molecule has 10 nitrogen and oxygen atoms in total. The van der Waals surface area contributed by atoms with Crippen LogP contribution in [0, 0.1) is 0 Å². The molecule has 2 unspecified atom stereocenters. The summed E-state index contributed by atoms with van der Waals surface area (Å²) < 4.78 is 0. The summed E-state index contributed by atoms with van der Waals surface area (Å²) >= 11 is 17.0. The van der Waals surface area contributed by atoms with Crippen LogP contribution in [-0.2, 0) is 38.7 Å². The van der Waals surface area contributed by atoms with Gasteiger partial charge in [-0.15, -0.1) is 0 Å². The first-order chi connectivity index (χ1) is 17.8. The van der Waals surface area contributed by atoms with Gasteiger partial charge in [0, 0.05) is 23.3 Å². The molecule has 16 heteroatoms. The Morgan fingerprint density at radius 3 is 1.23 bits per heavy atom. The molecule has 0 heterocycles. The first kappa shape index (κ1) is 47.7. The van der Waals surface area contributed by atoms with Gasteiger partial charge in [-0.3, -0.25) is 9.59 Å². The number of thiol groups is 4. The van der Waals surface area contributed by atoms with Crippen molar-refractivity contribution in [1.29, 1.82) is 0 Å². The van der Waals surface area contributed by atoms with E-state index in [-0.39, 0.29) is 85.6 Å². The monoisotopic (exact) mass is 704 g/mol. The van der Waals surface area contributed by atoms with E-state index < -0.39 is 36.2 Å². The maximum Gasteiger partial charge on any atom is 2.00 e. The van der Waals surface area contributed by atoms with Gasteiger partial charge < -0.3 is 42.1 Å². The number of unbranched alkanes of at least 4 members (excludes halogenated alkanes) is 2. The second-order valence-electron chi connectivity index (χ2n) is 9.03. The molecule has 0 aromatic rings. The molecule has 2 amide bonds. The molecule has 226 valence electrons. The van der Waals surface area contributed by atoms with Gasteiger partial charge in [0.05, 0.1) is 36.2 Å². The van der Waals surface area contributed by atoms with E-state index in [0.29, 0.717) is 12.8 Å². The summed E-state index contributed by atoms with van der Waals surface area (Å²) in [5, 5.41) is 44.8. The molecule has 6 atom stereocenters. The molecule has 0 spiro atoms. The Balaban J connectivity index is -0.000000196. The fraction of sp³-hybridized carbons (Fsp3) is 0.833. The third-order valence-corrected chi connectivity index (χ3v) is 6.96. The number of aliphatic hydroxyl groups excluding tert-OH is 2. The predicted octanol–water partition coefficient (Wildman–Crippen LogP) is -3.32. The van der Waals surface area contributed by atoms with Crippen molar-refractivity contribution in [2.24, 2.45) is 0 Å². The zero-order valence-corrected chi connectivity index (χ0v) is 32.3. The van der Waals surface area contributed by atoms with Crippen LogP contribution in [-0.4, -0.2) is 80.3 Å². The zero-order valence-electron chi connectivity index (χ0n) is 24.8. The van der Waals surface area contributed by atoms with Crippen LogP contribution in [0.4, 0.5) is 0 Å². The molecule has 0 bridgehead atoms. The predicted molar refractivity (Wildman–Crippen MR) is 158 cm³/mol. The fourth-order valence-electron chi connectivity index (χ4n) is 3.16. The van der Waals surface area contributed by atoms with Crippen molar-refractivity contribution in [1.82, 2.24) is 10.6 Å². The Morgan fingerprint density at radius 1 is 0.700 bits per heavy atom. The molecule has 40 heavy (non-hydrogen) atoms. The third kappa shape index (κ3) is 27.6. The van der Waals surface area contributed by atoms with Crippen LogP contribution in [0.25, 0.3) is 0 Å². The van der Waals surface area contributed by atoms with Gasteiger partial charge in [-0.05, 0) is 63.9 Å². The van der Waals surface area contributed by atoms with Crippen molar-refractivity contribution in [3.63, 3.8) is 0 Å². The van der Waals surface area contributed by atoms with E-state index >= 15 is 0 Å². The average molecular weight is 706 g/mol. The normalized spacial score (nSPS) is 14.8. The number of carboxylic acid groups (broad SMARTS) is 2. The van der Waals surface area contributed by atoms with E-state index in [0.717, 1.165) is 50.0 Å². The summed E-state index contributed by atoms with van der Waals surface area (Å²) in [6.45, 7) is 2.59. The van der Waals surface area contributed by atoms with Gasteiger partial charge in [0.2, 0.25) is 11.8 Å². The van der Waals surface area contributed by atoms with Crippen molar-refractivity contribution in [2.75, 3.05) is 11.5 Å². The quantitative estimate of drug-likeness (QED) is 0.0369. The second kappa shape index (κ2) is 29.9. The van der Waals surface area contributed by atoms with Gasteiger partial charge in [0.15, 0.2) is 0 Å². The summed E-state index contributed by atoms with van der Waals surface area (Å²) in [5.74, 6) is -2.16. The van der Waals surface area contributed by atoms with E-state index in [1.165, 1.54) is 13.8 Å². The number of rotatable bonds is 20. The summed E-state index contributed by atoms with van der Waals surface area (Å²) in [6, 6.07) is -2.70. The Labute approximate surface area is 296 Å². The Bertz CT molecular complexity index is 650. The van der Waals surface area contributed by atoms with E-state index in [1.54, 1.807) is 0 Å². The molecular weight excluding hydrogens is 661 g/mol. The number of carbonyl (C=O) groups excluding carboxylic acids is 4. The Kier molecular flexibility index (Phi) is 35.7. The van der Waals surface area contributed by atoms with Crippen LogP contribution in [0.1, 0.15) is 79.5 Å². The molecule has 0 aromatic carbocycles. The summed E-state index contributed by atoms with van der Waals surface area (Å²) in [4.78, 5) is 44.3. The van der Waals surface area contributed by atoms with Crippen LogP contribution >= 0.6 is 50.5 Å². The summed E-state index contributed by atoms with van der Waals surface area (Å²) in [5.41, 5.74) is 0. The number of amides is 2. The van der Waals surface area contributed by atoms with Gasteiger partial charge in [-0.1, -0.05) is 12.8 Å². The minimum Gasteiger partial charge on any atom is -1.00 e. The van der Waals surface area contributed by atoms with E-state index in [4.69, 9.17) is 0 Å². The molecule has 0 saturated carbocycles. The van der Waals surface area contributed by atoms with Crippen molar-refractivity contribution >= 4 is 74.3 Å². The van der Waals surface area contributed by atoms with Gasteiger partial charge >= 0.3 is 49.0 Å². The van der Waals surface area contributed by atoms with Crippen molar-refractivity contribution in [3.05, 3.63) is 0 Å². The van der Waals surface area contributed by atoms with Crippen LogP contribution in [0.2, 0.25) is 0 Å². The van der Waals surface area contributed by atoms with Gasteiger partial charge in [-0.25, -0.2) is 0 Å².